The zero-order valence-electron chi connectivity index (χ0n) is 14.5. The number of rotatable bonds is 6. The van der Waals surface area contributed by atoms with E-state index in [0.717, 1.165) is 48.9 Å². The minimum absolute atomic E-state index is 0.171. The molecule has 136 valence electrons. The summed E-state index contributed by atoms with van der Waals surface area (Å²) in [6, 6.07) is 12.5. The Labute approximate surface area is 159 Å². The van der Waals surface area contributed by atoms with Gasteiger partial charge in [0.05, 0.1) is 6.54 Å². The molecule has 0 N–H and O–H groups in total. The highest BCUT2D eigenvalue weighted by Gasteiger charge is 2.16. The van der Waals surface area contributed by atoms with Crippen molar-refractivity contribution >= 4 is 22.9 Å². The third-order valence-electron chi connectivity index (χ3n) is 4.79. The van der Waals surface area contributed by atoms with Crippen molar-refractivity contribution in [1.29, 1.82) is 0 Å². The highest BCUT2D eigenvalue weighted by Crippen LogP contribution is 2.18. The molecule has 0 saturated carbocycles. The second-order valence-electron chi connectivity index (χ2n) is 6.56. The number of thiophene rings is 1. The maximum absolute atomic E-state index is 12.5. The number of hydrogen-bond acceptors (Lipinski definition) is 5. The monoisotopic (exact) mass is 387 g/mol. The number of aromatic nitrogens is 2. The smallest absolute Gasteiger partial charge is 0.299 e. The number of aryl methyl sites for hydroxylation is 1. The van der Waals surface area contributed by atoms with Crippen LogP contribution in [0.4, 0.5) is 0 Å². The summed E-state index contributed by atoms with van der Waals surface area (Å²) in [6.07, 6.45) is 1.96. The Morgan fingerprint density at radius 3 is 2.65 bits per heavy atom. The van der Waals surface area contributed by atoms with Crippen LogP contribution in [-0.4, -0.2) is 26.5 Å². The molecule has 0 unspecified atom stereocenters. The Bertz CT molecular complexity index is 985. The third kappa shape index (κ3) is 3.75. The highest BCUT2D eigenvalue weighted by atomic mass is 32.1. The first-order valence-electron chi connectivity index (χ1n) is 8.83. The van der Waals surface area contributed by atoms with Gasteiger partial charge < -0.3 is 0 Å². The van der Waals surface area contributed by atoms with E-state index in [4.69, 9.17) is 0 Å². The minimum atomic E-state index is -0.183. The molecular formula is C19H21N3O2S2. The van der Waals surface area contributed by atoms with E-state index >= 15 is 0 Å². The molecule has 3 heterocycles. The Hall–Kier alpha value is -1.96. The SMILES string of the molecule is O=c1sn(CCCN2CCc3ccccc3C2)c(=O)n1Cc1cccs1. The molecule has 0 saturated heterocycles. The summed E-state index contributed by atoms with van der Waals surface area (Å²) in [4.78, 5) is 27.9. The van der Waals surface area contributed by atoms with Gasteiger partial charge in [0, 0.05) is 42.6 Å². The van der Waals surface area contributed by atoms with E-state index in [2.05, 4.69) is 29.2 Å². The van der Waals surface area contributed by atoms with Gasteiger partial charge in [0.25, 0.3) is 0 Å². The van der Waals surface area contributed by atoms with E-state index < -0.39 is 0 Å². The topological polar surface area (TPSA) is 47.2 Å². The summed E-state index contributed by atoms with van der Waals surface area (Å²) in [6.45, 7) is 3.95. The molecule has 1 aliphatic heterocycles. The van der Waals surface area contributed by atoms with Crippen molar-refractivity contribution < 1.29 is 0 Å². The molecule has 5 nitrogen and oxygen atoms in total. The van der Waals surface area contributed by atoms with Crippen molar-refractivity contribution in [2.45, 2.75) is 32.5 Å². The molecule has 26 heavy (non-hydrogen) atoms. The zero-order chi connectivity index (χ0) is 17.9. The lowest BCUT2D eigenvalue weighted by Crippen LogP contribution is -2.33. The quantitative estimate of drug-likeness (QED) is 0.653. The summed E-state index contributed by atoms with van der Waals surface area (Å²) in [5.41, 5.74) is 2.67. The molecule has 2 aromatic heterocycles. The summed E-state index contributed by atoms with van der Waals surface area (Å²) in [5, 5.41) is 1.96. The van der Waals surface area contributed by atoms with E-state index in [0.29, 0.717) is 13.1 Å². The Morgan fingerprint density at radius 1 is 1.00 bits per heavy atom. The van der Waals surface area contributed by atoms with Crippen LogP contribution in [0.25, 0.3) is 0 Å². The van der Waals surface area contributed by atoms with Crippen LogP contribution in [0, 0.1) is 0 Å². The predicted molar refractivity (Wildman–Crippen MR) is 106 cm³/mol. The van der Waals surface area contributed by atoms with Gasteiger partial charge in [-0.3, -0.25) is 9.69 Å². The second kappa shape index (κ2) is 7.73. The molecule has 1 aliphatic rings. The lowest BCUT2D eigenvalue weighted by molar-refractivity contribution is 0.247. The molecular weight excluding hydrogens is 366 g/mol. The van der Waals surface area contributed by atoms with Gasteiger partial charge in [-0.25, -0.2) is 13.3 Å². The van der Waals surface area contributed by atoms with Crippen LogP contribution >= 0.6 is 22.9 Å². The standard InChI is InChI=1S/C19H21N3O2S2/c23-18-21(14-17-7-3-12-25-17)19(24)26-22(18)10-4-9-20-11-8-15-5-1-2-6-16(15)13-20/h1-3,5-7,12H,4,8-11,13-14H2. The van der Waals surface area contributed by atoms with Gasteiger partial charge in [0.1, 0.15) is 0 Å². The summed E-state index contributed by atoms with van der Waals surface area (Å²) in [7, 11) is 0. The third-order valence-corrected chi connectivity index (χ3v) is 6.59. The Morgan fingerprint density at radius 2 is 1.85 bits per heavy atom. The summed E-state index contributed by atoms with van der Waals surface area (Å²) < 4.78 is 2.95. The molecule has 0 fully saturated rings. The minimum Gasteiger partial charge on any atom is -0.299 e. The molecule has 0 bridgehead atoms. The molecule has 1 aromatic carbocycles. The number of fused-ring (bicyclic) bond motifs is 1. The predicted octanol–water partition coefficient (Wildman–Crippen LogP) is 2.63. The van der Waals surface area contributed by atoms with E-state index in [1.807, 2.05) is 17.5 Å². The average Bonchev–Trinajstić information content (AvgIpc) is 3.26. The normalized spacial score (nSPS) is 14.5. The van der Waals surface area contributed by atoms with Crippen molar-refractivity contribution in [2.75, 3.05) is 13.1 Å². The highest BCUT2D eigenvalue weighted by molar-refractivity contribution is 7.09. The van der Waals surface area contributed by atoms with Gasteiger partial charge >= 0.3 is 10.6 Å². The van der Waals surface area contributed by atoms with Crippen molar-refractivity contribution in [3.05, 3.63) is 77.9 Å². The van der Waals surface area contributed by atoms with Gasteiger partial charge in [0.15, 0.2) is 0 Å². The number of hydrogen-bond donors (Lipinski definition) is 0. The van der Waals surface area contributed by atoms with E-state index in [9.17, 15) is 9.59 Å². The molecule has 4 rings (SSSR count). The first-order valence-corrected chi connectivity index (χ1v) is 10.5. The van der Waals surface area contributed by atoms with Gasteiger partial charge in [-0.2, -0.15) is 0 Å². The second-order valence-corrected chi connectivity index (χ2v) is 8.56. The first-order chi connectivity index (χ1) is 12.7. The fourth-order valence-electron chi connectivity index (χ4n) is 3.41. The first kappa shape index (κ1) is 17.5. The van der Waals surface area contributed by atoms with Crippen LogP contribution in [0.3, 0.4) is 0 Å². The summed E-state index contributed by atoms with van der Waals surface area (Å²) >= 11 is 2.60. The van der Waals surface area contributed by atoms with E-state index in [1.54, 1.807) is 15.3 Å². The van der Waals surface area contributed by atoms with Crippen LogP contribution in [0.1, 0.15) is 22.4 Å². The molecule has 0 aliphatic carbocycles. The number of benzene rings is 1. The fraction of sp³-hybridized carbons (Fsp3) is 0.368. The number of nitrogens with zero attached hydrogens (tertiary/aromatic N) is 3. The van der Waals surface area contributed by atoms with Gasteiger partial charge in [-0.15, -0.1) is 11.3 Å². The molecule has 0 spiro atoms. The fourth-order valence-corrected chi connectivity index (χ4v) is 4.93. The van der Waals surface area contributed by atoms with Crippen LogP contribution in [0.5, 0.6) is 0 Å². The molecule has 0 atom stereocenters. The maximum atomic E-state index is 12.5. The van der Waals surface area contributed by atoms with Crippen LogP contribution in [0.2, 0.25) is 0 Å². The summed E-state index contributed by atoms with van der Waals surface area (Å²) in [5.74, 6) is 0. The molecule has 0 amide bonds. The molecule has 0 radical (unpaired) electrons. The van der Waals surface area contributed by atoms with Crippen molar-refractivity contribution in [3.8, 4) is 0 Å². The van der Waals surface area contributed by atoms with Crippen molar-refractivity contribution in [1.82, 2.24) is 13.4 Å². The maximum Gasteiger partial charge on any atom is 0.341 e. The lowest BCUT2D eigenvalue weighted by atomic mass is 10.00. The van der Waals surface area contributed by atoms with Crippen molar-refractivity contribution in [2.24, 2.45) is 0 Å². The lowest BCUT2D eigenvalue weighted by Gasteiger charge is -2.28. The zero-order valence-corrected chi connectivity index (χ0v) is 16.1. The van der Waals surface area contributed by atoms with Crippen molar-refractivity contribution in [3.63, 3.8) is 0 Å². The van der Waals surface area contributed by atoms with Gasteiger partial charge in [0.2, 0.25) is 0 Å². The van der Waals surface area contributed by atoms with E-state index in [-0.39, 0.29) is 10.6 Å². The Balaban J connectivity index is 1.36. The molecule has 3 aromatic rings. The molecule has 7 heteroatoms. The van der Waals surface area contributed by atoms with Gasteiger partial charge in [-0.1, -0.05) is 30.3 Å². The van der Waals surface area contributed by atoms with Crippen LogP contribution in [0.15, 0.2) is 51.4 Å². The van der Waals surface area contributed by atoms with E-state index in [1.165, 1.54) is 15.7 Å². The van der Waals surface area contributed by atoms with Crippen LogP contribution in [-0.2, 0) is 26.1 Å². The average molecular weight is 388 g/mol. The Kier molecular flexibility index (Phi) is 5.19. The largest absolute Gasteiger partial charge is 0.341 e. The van der Waals surface area contributed by atoms with Crippen LogP contribution < -0.4 is 10.6 Å². The van der Waals surface area contributed by atoms with Gasteiger partial charge in [-0.05, 0) is 35.4 Å².